The number of carbonyl (C=O) groups is 1. The molecule has 0 aliphatic carbocycles. The Morgan fingerprint density at radius 3 is 2.73 bits per heavy atom. The van der Waals surface area contributed by atoms with Gasteiger partial charge in [-0.2, -0.15) is 0 Å². The molecule has 4 nitrogen and oxygen atoms in total. The van der Waals surface area contributed by atoms with Crippen molar-refractivity contribution in [2.75, 3.05) is 5.88 Å². The summed E-state index contributed by atoms with van der Waals surface area (Å²) in [6.45, 7) is 3.61. The maximum atomic E-state index is 11.6. The number of amides is 1. The zero-order valence-electron chi connectivity index (χ0n) is 8.63. The normalized spacial score (nSPS) is 11.1. The van der Waals surface area contributed by atoms with E-state index in [1.165, 1.54) is 12.1 Å². The fourth-order valence-electron chi connectivity index (χ4n) is 0.988. The molecule has 0 spiro atoms. The molecule has 5 heteroatoms. The summed E-state index contributed by atoms with van der Waals surface area (Å²) in [4.78, 5) is 25.0. The number of alkyl halides is 1. The Hall–Kier alpha value is -1.29. The highest BCUT2D eigenvalue weighted by Crippen LogP contribution is 2.05. The van der Waals surface area contributed by atoms with E-state index in [0.717, 1.165) is 0 Å². The van der Waals surface area contributed by atoms with E-state index >= 15 is 0 Å². The number of nitrogens with one attached hydrogen (secondary N) is 2. The number of H-pyrrole nitrogens is 1. The molecule has 1 amide bonds. The second-order valence-electron chi connectivity index (χ2n) is 3.90. The highest BCUT2D eigenvalue weighted by Gasteiger charge is 2.20. The summed E-state index contributed by atoms with van der Waals surface area (Å²) in [7, 11) is 0. The molecule has 0 radical (unpaired) electrons. The van der Waals surface area contributed by atoms with Crippen LogP contribution >= 0.6 is 11.6 Å². The van der Waals surface area contributed by atoms with Crippen LogP contribution in [0.2, 0.25) is 0 Å². The zero-order chi connectivity index (χ0) is 11.5. The van der Waals surface area contributed by atoms with Gasteiger partial charge in [0.25, 0.3) is 5.91 Å². The van der Waals surface area contributed by atoms with Crippen LogP contribution in [0.1, 0.15) is 24.3 Å². The highest BCUT2D eigenvalue weighted by molar-refractivity contribution is 6.18. The van der Waals surface area contributed by atoms with Gasteiger partial charge in [0.15, 0.2) is 0 Å². The minimum Gasteiger partial charge on any atom is -0.345 e. The third-order valence-electron chi connectivity index (χ3n) is 1.80. The average molecular weight is 229 g/mol. The van der Waals surface area contributed by atoms with Gasteiger partial charge < -0.3 is 10.3 Å². The predicted molar refractivity (Wildman–Crippen MR) is 59.3 cm³/mol. The number of aromatic nitrogens is 1. The first-order chi connectivity index (χ1) is 6.94. The van der Waals surface area contributed by atoms with Crippen LogP contribution in [0.3, 0.4) is 0 Å². The summed E-state index contributed by atoms with van der Waals surface area (Å²) in [5, 5.41) is 2.71. The van der Waals surface area contributed by atoms with Crippen molar-refractivity contribution in [3.05, 3.63) is 34.2 Å². The molecule has 1 rings (SSSR count). The van der Waals surface area contributed by atoms with E-state index in [4.69, 9.17) is 11.6 Å². The SMILES string of the molecule is CC(C)(CCl)NC(=O)c1cccc(=O)[nH]1. The van der Waals surface area contributed by atoms with Crippen LogP contribution in [0, 0.1) is 0 Å². The van der Waals surface area contributed by atoms with Gasteiger partial charge in [-0.25, -0.2) is 0 Å². The molecule has 0 saturated carbocycles. The molecule has 82 valence electrons. The topological polar surface area (TPSA) is 62.0 Å². The van der Waals surface area contributed by atoms with Gasteiger partial charge in [0.05, 0.1) is 0 Å². The summed E-state index contributed by atoms with van der Waals surface area (Å²) in [5.74, 6) is -0.0335. The molecule has 1 aromatic heterocycles. The Balaban J connectivity index is 2.83. The molecule has 0 aliphatic heterocycles. The van der Waals surface area contributed by atoms with Crippen LogP contribution in [-0.4, -0.2) is 22.3 Å². The first-order valence-electron chi connectivity index (χ1n) is 4.52. The van der Waals surface area contributed by atoms with Gasteiger partial charge in [0.2, 0.25) is 5.56 Å². The van der Waals surface area contributed by atoms with Gasteiger partial charge in [0, 0.05) is 17.5 Å². The van der Waals surface area contributed by atoms with Crippen molar-refractivity contribution in [1.29, 1.82) is 0 Å². The van der Waals surface area contributed by atoms with E-state index in [1.54, 1.807) is 19.9 Å². The lowest BCUT2D eigenvalue weighted by Gasteiger charge is -2.22. The molecule has 15 heavy (non-hydrogen) atoms. The Morgan fingerprint density at radius 1 is 1.53 bits per heavy atom. The van der Waals surface area contributed by atoms with Crippen molar-refractivity contribution in [3.8, 4) is 0 Å². The molecule has 0 bridgehead atoms. The fraction of sp³-hybridized carbons (Fsp3) is 0.400. The summed E-state index contributed by atoms with van der Waals surface area (Å²) in [6, 6.07) is 4.42. The van der Waals surface area contributed by atoms with Crippen molar-refractivity contribution in [3.63, 3.8) is 0 Å². The first kappa shape index (κ1) is 11.8. The van der Waals surface area contributed by atoms with Crippen LogP contribution in [0.4, 0.5) is 0 Å². The number of halogens is 1. The molecule has 0 saturated heterocycles. The number of carbonyl (C=O) groups excluding carboxylic acids is 1. The molecule has 2 N–H and O–H groups in total. The standard InChI is InChI=1S/C10H13ClN2O2/c1-10(2,6-11)13-9(15)7-4-3-5-8(14)12-7/h3-5H,6H2,1-2H3,(H,12,14)(H,13,15). The van der Waals surface area contributed by atoms with Gasteiger partial charge in [0.1, 0.15) is 5.69 Å². The number of hydrogen-bond donors (Lipinski definition) is 2. The quantitative estimate of drug-likeness (QED) is 0.762. The van der Waals surface area contributed by atoms with Gasteiger partial charge in [-0.05, 0) is 19.9 Å². The molecule has 0 aliphatic rings. The number of pyridine rings is 1. The van der Waals surface area contributed by atoms with Crippen LogP contribution < -0.4 is 10.9 Å². The Bertz CT molecular complexity index is 412. The first-order valence-corrected chi connectivity index (χ1v) is 5.06. The fourth-order valence-corrected chi connectivity index (χ4v) is 1.06. The van der Waals surface area contributed by atoms with Crippen LogP contribution in [0.15, 0.2) is 23.0 Å². The molecule has 1 aromatic rings. The molecule has 0 unspecified atom stereocenters. The van der Waals surface area contributed by atoms with Crippen LogP contribution in [-0.2, 0) is 0 Å². The maximum Gasteiger partial charge on any atom is 0.268 e. The molecule has 0 fully saturated rings. The summed E-state index contributed by atoms with van der Waals surface area (Å²) in [6.07, 6.45) is 0. The Labute approximate surface area is 92.7 Å². The third-order valence-corrected chi connectivity index (χ3v) is 2.47. The molecular formula is C10H13ClN2O2. The minimum absolute atomic E-state index is 0.237. The largest absolute Gasteiger partial charge is 0.345 e. The molecule has 0 aromatic carbocycles. The summed E-state index contributed by atoms with van der Waals surface area (Å²) >= 11 is 5.67. The highest BCUT2D eigenvalue weighted by atomic mass is 35.5. The van der Waals surface area contributed by atoms with Crippen molar-refractivity contribution < 1.29 is 4.79 Å². The summed E-state index contributed by atoms with van der Waals surface area (Å²) < 4.78 is 0. The third kappa shape index (κ3) is 3.40. The molecule has 0 atom stereocenters. The number of hydrogen-bond acceptors (Lipinski definition) is 2. The number of rotatable bonds is 3. The van der Waals surface area contributed by atoms with Crippen molar-refractivity contribution in [2.45, 2.75) is 19.4 Å². The second kappa shape index (κ2) is 4.49. The lowest BCUT2D eigenvalue weighted by atomic mass is 10.1. The second-order valence-corrected chi connectivity index (χ2v) is 4.17. The Morgan fingerprint density at radius 2 is 2.20 bits per heavy atom. The van der Waals surface area contributed by atoms with Gasteiger partial charge in [-0.1, -0.05) is 6.07 Å². The van der Waals surface area contributed by atoms with E-state index in [9.17, 15) is 9.59 Å². The smallest absolute Gasteiger partial charge is 0.268 e. The minimum atomic E-state index is -0.495. The van der Waals surface area contributed by atoms with Crippen molar-refractivity contribution in [1.82, 2.24) is 10.3 Å². The van der Waals surface area contributed by atoms with Gasteiger partial charge in [-0.15, -0.1) is 11.6 Å². The Kier molecular flexibility index (Phi) is 3.52. The lowest BCUT2D eigenvalue weighted by molar-refractivity contribution is 0.0915. The van der Waals surface area contributed by atoms with E-state index in [0.29, 0.717) is 5.88 Å². The predicted octanol–water partition coefficient (Wildman–Crippen LogP) is 1.12. The molecule has 1 heterocycles. The zero-order valence-corrected chi connectivity index (χ0v) is 9.39. The number of aromatic amines is 1. The van der Waals surface area contributed by atoms with Crippen LogP contribution in [0.5, 0.6) is 0 Å². The van der Waals surface area contributed by atoms with Crippen molar-refractivity contribution in [2.24, 2.45) is 0 Å². The van der Waals surface area contributed by atoms with Crippen LogP contribution in [0.25, 0.3) is 0 Å². The lowest BCUT2D eigenvalue weighted by Crippen LogP contribution is -2.45. The van der Waals surface area contributed by atoms with Gasteiger partial charge in [-0.3, -0.25) is 9.59 Å². The summed E-state index contributed by atoms with van der Waals surface area (Å²) in [5.41, 5.74) is -0.558. The maximum absolute atomic E-state index is 11.6. The van der Waals surface area contributed by atoms with E-state index in [1.807, 2.05) is 0 Å². The monoisotopic (exact) mass is 228 g/mol. The van der Waals surface area contributed by atoms with E-state index in [-0.39, 0.29) is 17.2 Å². The van der Waals surface area contributed by atoms with Crippen molar-refractivity contribution >= 4 is 17.5 Å². The average Bonchev–Trinajstić information content (AvgIpc) is 2.17. The van der Waals surface area contributed by atoms with E-state index < -0.39 is 5.54 Å². The molecular weight excluding hydrogens is 216 g/mol. The van der Waals surface area contributed by atoms with Gasteiger partial charge >= 0.3 is 0 Å². The van der Waals surface area contributed by atoms with E-state index in [2.05, 4.69) is 10.3 Å².